The van der Waals surface area contributed by atoms with Gasteiger partial charge in [-0.1, -0.05) is 47.1 Å². The highest BCUT2D eigenvalue weighted by atomic mass is 16.5. The van der Waals surface area contributed by atoms with Gasteiger partial charge in [0.25, 0.3) is 0 Å². The first-order valence-electron chi connectivity index (χ1n) is 47.4. The van der Waals surface area contributed by atoms with Crippen LogP contribution in [0.3, 0.4) is 0 Å². The number of nitrogens with zero attached hydrogens (tertiary/aromatic N) is 23. The number of fused-ring (bicyclic) bond motifs is 4. The Morgan fingerprint density at radius 1 is 0.383 bits per heavy atom. The van der Waals surface area contributed by atoms with Gasteiger partial charge in [-0.3, -0.25) is 38.7 Å². The molecule has 0 N–H and O–H groups in total. The molecule has 732 valence electrons. The summed E-state index contributed by atoms with van der Waals surface area (Å²) in [4.78, 5) is 55.0. The largest absolute Gasteiger partial charge is 0.497 e. The molecule has 32 nitrogen and oxygen atoms in total. The number of ether oxygens (including phenoxy) is 9. The zero-order chi connectivity index (χ0) is 103. The predicted molar refractivity (Wildman–Crippen MR) is 565 cm³/mol. The van der Waals surface area contributed by atoms with Gasteiger partial charge in [-0.05, 0) is 140 Å². The molecule has 32 heteroatoms. The zero-order valence-electron chi connectivity index (χ0n) is 86.6. The molecule has 9 aromatic heterocycles. The van der Waals surface area contributed by atoms with E-state index in [2.05, 4.69) is 140 Å². The van der Waals surface area contributed by atoms with E-state index >= 15 is 0 Å². The molecule has 0 spiro atoms. The van der Waals surface area contributed by atoms with Crippen LogP contribution < -0.4 is 62.2 Å². The summed E-state index contributed by atoms with van der Waals surface area (Å²) in [5.41, 5.74) is 21.3. The van der Waals surface area contributed by atoms with Crippen molar-refractivity contribution >= 4 is 89.6 Å². The van der Waals surface area contributed by atoms with Crippen LogP contribution in [0.15, 0.2) is 232 Å². The van der Waals surface area contributed by atoms with E-state index in [-0.39, 0.29) is 46.4 Å². The highest BCUT2D eigenvalue weighted by molar-refractivity contribution is 5.88. The van der Waals surface area contributed by atoms with Gasteiger partial charge in [0.1, 0.15) is 51.7 Å². The molecule has 0 aliphatic rings. The van der Waals surface area contributed by atoms with E-state index in [1.165, 1.54) is 18.2 Å². The zero-order valence-corrected chi connectivity index (χ0v) is 80.6. The molecule has 0 radical (unpaired) electrons. The van der Waals surface area contributed by atoms with E-state index < -0.39 is 14.1 Å². The monoisotopic (exact) mass is 1910 g/mol. The van der Waals surface area contributed by atoms with E-state index in [0.29, 0.717) is 63.8 Å². The van der Waals surface area contributed by atoms with Gasteiger partial charge in [0.15, 0.2) is 0 Å². The number of pyridine rings is 1. The van der Waals surface area contributed by atoms with Gasteiger partial charge in [-0.25, -0.2) is 24.9 Å². The lowest BCUT2D eigenvalue weighted by Crippen LogP contribution is -2.34. The molecule has 0 saturated heterocycles. The molecule has 0 saturated carbocycles. The van der Waals surface area contributed by atoms with Crippen molar-refractivity contribution in [2.75, 3.05) is 137 Å². The molecule has 17 rings (SSSR count). The lowest BCUT2D eigenvalue weighted by Gasteiger charge is -2.29. The maximum atomic E-state index is 7.44. The van der Waals surface area contributed by atoms with Gasteiger partial charge in [0.05, 0.1) is 207 Å². The lowest BCUT2D eigenvalue weighted by atomic mass is 10.1. The van der Waals surface area contributed by atoms with E-state index in [0.717, 1.165) is 168 Å². The predicted octanol–water partition coefficient (Wildman–Crippen LogP) is 20.6. The van der Waals surface area contributed by atoms with Gasteiger partial charge in [-0.15, -0.1) is 6.42 Å². The standard InChI is InChI=1S/C29H26N6O3.2C26H32N6O2.C25H25N5O2.3CH4/c1-34-19-20(17-31-34)28-18-30-26-11-10-22(15-27(26)33-28)35(23-13-24(36-2)16-25(14-23)37-3)12-6-8-21-7-5-9-29(32-21)38-4;1-18(2)30(3)9-10-32(21-11-22(33-5)14-23(12-21)34-6)20-7-8-24-25(13-20)29-26(16-27-24)19-15-28-31(4)17-19;1-7-10-32(19-11-20(33-5)14-21(12-19)34-6)18-8-9-23-24(13-18)29-25(16-27-23)22-15-28-31(4)26(22)17-30(2)3;1-6-9-29(20-10-21(31-4)13-22(11-20)32-5)19-7-8-23-24(12-19)28-25(15-26-23)18-14-27-30(16-18)17(2)3;;;/h5,7,9-11,13-19H,12H2,1-4H3;7-8,11-18H,9-10H2,1-6H3;8-9,11-16H,7,10,17H2,1-6H3;1,7-8,10-17H,9H2,2-5H3;3*1H4/i;;;4D3,5D3;;;. The van der Waals surface area contributed by atoms with Crippen LogP contribution in [0.5, 0.6) is 51.9 Å². The summed E-state index contributed by atoms with van der Waals surface area (Å²) in [5, 5.41) is 17.3. The molecule has 0 aliphatic carbocycles. The Morgan fingerprint density at radius 3 is 1.13 bits per heavy atom. The van der Waals surface area contributed by atoms with Gasteiger partial charge in [0, 0.05) is 225 Å². The normalized spacial score (nSPS) is 11.6. The summed E-state index contributed by atoms with van der Waals surface area (Å²) < 4.78 is 100. The van der Waals surface area contributed by atoms with Gasteiger partial charge < -0.3 is 72.0 Å². The summed E-state index contributed by atoms with van der Waals surface area (Å²) >= 11 is 0. The van der Waals surface area contributed by atoms with E-state index in [9.17, 15) is 0 Å². The van der Waals surface area contributed by atoms with Crippen LogP contribution in [-0.4, -0.2) is 218 Å². The first-order valence-corrected chi connectivity index (χ1v) is 44.4. The summed E-state index contributed by atoms with van der Waals surface area (Å²) in [6.07, 6.45) is 26.6. The average Bonchev–Trinajstić information content (AvgIpc) is 1.78. The number of hydrogen-bond acceptors (Lipinski definition) is 28. The van der Waals surface area contributed by atoms with Crippen molar-refractivity contribution in [2.45, 2.75) is 81.9 Å². The molecular weight excluding hydrogens is 1780 g/mol. The van der Waals surface area contributed by atoms with Crippen LogP contribution in [0.1, 0.15) is 89.0 Å². The average molecular weight is 1910 g/mol. The van der Waals surface area contributed by atoms with Crippen molar-refractivity contribution in [1.82, 2.24) is 93.8 Å². The first-order chi connectivity index (χ1) is 69.2. The Morgan fingerprint density at radius 2 is 0.766 bits per heavy atom. The lowest BCUT2D eigenvalue weighted by molar-refractivity contribution is 0.281. The van der Waals surface area contributed by atoms with Crippen LogP contribution in [-0.2, 0) is 27.7 Å². The Labute approximate surface area is 834 Å². The quantitative estimate of drug-likeness (QED) is 0.0354. The molecule has 17 aromatic rings. The summed E-state index contributed by atoms with van der Waals surface area (Å²) in [7, 11) is 17.9. The fourth-order valence-electron chi connectivity index (χ4n) is 15.0. The topological polar surface area (TPSA) is 290 Å². The number of rotatable bonds is 32. The van der Waals surface area contributed by atoms with Gasteiger partial charge >= 0.3 is 0 Å². The van der Waals surface area contributed by atoms with E-state index in [4.69, 9.17) is 77.2 Å². The molecule has 141 heavy (non-hydrogen) atoms. The van der Waals surface area contributed by atoms with Crippen LogP contribution in [0.2, 0.25) is 0 Å². The minimum atomic E-state index is -2.76. The van der Waals surface area contributed by atoms with Crippen molar-refractivity contribution < 1.29 is 50.9 Å². The van der Waals surface area contributed by atoms with Crippen LogP contribution in [0.4, 0.5) is 45.5 Å². The van der Waals surface area contributed by atoms with Crippen molar-refractivity contribution in [3.63, 3.8) is 0 Å². The second-order valence-corrected chi connectivity index (χ2v) is 32.9. The third-order valence-electron chi connectivity index (χ3n) is 22.6. The number of hydrogen-bond donors (Lipinski definition) is 0. The van der Waals surface area contributed by atoms with Crippen LogP contribution in [0.25, 0.3) is 89.2 Å². The molecule has 0 fully saturated rings. The summed E-state index contributed by atoms with van der Waals surface area (Å²) in [6.45, 7) is 14.3. The highest BCUT2D eigenvalue weighted by Crippen LogP contribution is 2.41. The minimum Gasteiger partial charge on any atom is -0.497 e. The first kappa shape index (κ1) is 96.2. The Hall–Kier alpha value is -16.5. The van der Waals surface area contributed by atoms with Crippen molar-refractivity contribution in [1.29, 1.82) is 0 Å². The van der Waals surface area contributed by atoms with Gasteiger partial charge in [0.2, 0.25) is 5.88 Å². The third kappa shape index (κ3) is 26.1. The second-order valence-electron chi connectivity index (χ2n) is 32.9. The SMILES string of the molecule is C.C.C.CCCN(c1cc(OC)cc(OC)c1)c1ccc2ncc(-c3cnn(C)c3CN(C)C)nc2c1.COc1cc(OC)cc(N(CC#Cc2cccc(OC)n2)c2ccc3ncc(-c4cnn(C)c4)nc3c2)c1.COc1cc(OC)cc(N(CCN(C)C(C)C)c2ccc3ncc(-c4cnn(C)c4)nc3c2)c1.[2H]C([2H])([2H])Oc1cc(OC([2H])([2H])[2H])cc(N(CC#C)c2ccc3ncc(-c4cnn(C(C)C)c4)nc3c2)c1. The molecule has 0 unspecified atom stereocenters. The van der Waals surface area contributed by atoms with Crippen molar-refractivity contribution in [2.24, 2.45) is 21.1 Å². The number of likely N-dealkylation sites (N-methyl/N-ethyl adjacent to an activating group) is 1. The number of anilines is 8. The molecule has 9 heterocycles. The smallest absolute Gasteiger partial charge is 0.214 e. The molecule has 8 aromatic carbocycles. The molecule has 0 bridgehead atoms. The van der Waals surface area contributed by atoms with Crippen LogP contribution in [0, 0.1) is 24.2 Å². The molecule has 0 amide bonds. The summed E-state index contributed by atoms with van der Waals surface area (Å²) in [5.74, 6) is 13.6. The van der Waals surface area contributed by atoms with Crippen molar-refractivity contribution in [3.05, 3.63) is 243 Å². The Balaban J connectivity index is 0.000000185. The van der Waals surface area contributed by atoms with E-state index in [1.54, 1.807) is 125 Å². The fourth-order valence-corrected chi connectivity index (χ4v) is 15.0. The minimum absolute atomic E-state index is 0. The maximum absolute atomic E-state index is 7.44. The number of benzene rings is 8. The molecule has 0 aliphatic heterocycles. The van der Waals surface area contributed by atoms with Gasteiger partial charge in [-0.2, -0.15) is 20.4 Å². The number of aromatic nitrogens is 17. The Bertz CT molecular complexity index is 7340. The number of aryl methyl sites for hydroxylation is 3. The number of terminal acetylenes is 1. The molecular formula is C109H127N23O9. The summed E-state index contributed by atoms with van der Waals surface area (Å²) in [6, 6.07) is 51.5. The fraction of sp³-hybridized carbons (Fsp3) is 0.294. The molecule has 0 atom stereocenters. The van der Waals surface area contributed by atoms with E-state index in [1.807, 2.05) is 186 Å². The van der Waals surface area contributed by atoms with Crippen molar-refractivity contribution in [3.8, 4) is 121 Å². The third-order valence-corrected chi connectivity index (χ3v) is 22.6. The maximum Gasteiger partial charge on any atom is 0.214 e. The Kier molecular flexibility index (Phi) is 33.5. The highest BCUT2D eigenvalue weighted by Gasteiger charge is 2.23. The van der Waals surface area contributed by atoms with Crippen LogP contribution >= 0.6 is 0 Å². The second kappa shape index (κ2) is 49.0. The number of methoxy groups -OCH3 is 9.